The summed E-state index contributed by atoms with van der Waals surface area (Å²) in [6.07, 6.45) is 0. The van der Waals surface area contributed by atoms with Crippen LogP contribution in [0.2, 0.25) is 0 Å². The number of aryl methyl sites for hydroxylation is 1. The van der Waals surface area contributed by atoms with Gasteiger partial charge in [0, 0.05) is 5.56 Å². The largest absolute Gasteiger partial charge is 0.479 e. The Morgan fingerprint density at radius 2 is 1.67 bits per heavy atom. The highest BCUT2D eigenvalue weighted by molar-refractivity contribution is 5.98. The van der Waals surface area contributed by atoms with E-state index in [4.69, 9.17) is 0 Å². The number of hydrogen-bond acceptors (Lipinski definition) is 2. The lowest BCUT2D eigenvalue weighted by atomic mass is 10.0. The Kier molecular flexibility index (Phi) is 4.38. The van der Waals surface area contributed by atoms with Crippen molar-refractivity contribution in [2.45, 2.75) is 19.9 Å². The average molecular weight is 283 g/mol. The Morgan fingerprint density at radius 1 is 1.00 bits per heavy atom. The molecule has 0 bridgehead atoms. The monoisotopic (exact) mass is 283 g/mol. The van der Waals surface area contributed by atoms with E-state index in [9.17, 15) is 14.7 Å². The third-order valence-corrected chi connectivity index (χ3v) is 3.50. The predicted molar refractivity (Wildman–Crippen MR) is 80.2 cm³/mol. The van der Waals surface area contributed by atoms with Gasteiger partial charge in [-0.1, -0.05) is 42.5 Å². The molecule has 0 radical (unpaired) electrons. The first-order chi connectivity index (χ1) is 10.0. The summed E-state index contributed by atoms with van der Waals surface area (Å²) in [5.74, 6) is -1.47. The Balaban J connectivity index is 2.28. The van der Waals surface area contributed by atoms with Crippen molar-refractivity contribution in [1.82, 2.24) is 5.32 Å². The molecule has 0 aromatic heterocycles. The highest BCUT2D eigenvalue weighted by atomic mass is 16.4. The average Bonchev–Trinajstić information content (AvgIpc) is 2.48. The van der Waals surface area contributed by atoms with Crippen LogP contribution in [0.1, 0.15) is 33.1 Å². The van der Waals surface area contributed by atoms with Crippen LogP contribution < -0.4 is 5.32 Å². The molecule has 2 N–H and O–H groups in total. The maximum Gasteiger partial charge on any atom is 0.330 e. The molecule has 2 aromatic rings. The minimum atomic E-state index is -1.08. The van der Waals surface area contributed by atoms with Gasteiger partial charge in [-0.2, -0.15) is 0 Å². The summed E-state index contributed by atoms with van der Waals surface area (Å²) in [5.41, 5.74) is 2.89. The zero-order valence-electron chi connectivity index (χ0n) is 12.0. The molecule has 0 aliphatic heterocycles. The lowest BCUT2D eigenvalue weighted by Gasteiger charge is -2.16. The summed E-state index contributed by atoms with van der Waals surface area (Å²) in [5, 5.41) is 11.9. The Morgan fingerprint density at radius 3 is 2.29 bits per heavy atom. The van der Waals surface area contributed by atoms with Crippen molar-refractivity contribution in [2.24, 2.45) is 0 Å². The first-order valence-corrected chi connectivity index (χ1v) is 6.65. The van der Waals surface area contributed by atoms with E-state index in [0.717, 1.165) is 11.1 Å². The fraction of sp³-hybridized carbons (Fsp3) is 0.176. The Bertz CT molecular complexity index is 665. The molecule has 21 heavy (non-hydrogen) atoms. The van der Waals surface area contributed by atoms with Gasteiger partial charge in [0.15, 0.2) is 6.04 Å². The minimum absolute atomic E-state index is 0.382. The van der Waals surface area contributed by atoms with Crippen LogP contribution in [-0.4, -0.2) is 17.0 Å². The SMILES string of the molecule is Cc1cccc(C(=O)NC(C(=O)O)c2ccccc2)c1C. The number of aliphatic carboxylic acids is 1. The molecule has 0 saturated carbocycles. The van der Waals surface area contributed by atoms with E-state index < -0.39 is 12.0 Å². The number of carbonyl (C=O) groups is 2. The summed E-state index contributed by atoms with van der Waals surface area (Å²) in [4.78, 5) is 23.7. The van der Waals surface area contributed by atoms with Gasteiger partial charge in [0.05, 0.1) is 0 Å². The van der Waals surface area contributed by atoms with Gasteiger partial charge in [-0.25, -0.2) is 4.79 Å². The van der Waals surface area contributed by atoms with Crippen LogP contribution >= 0.6 is 0 Å². The molecule has 1 atom stereocenters. The first-order valence-electron chi connectivity index (χ1n) is 6.65. The third-order valence-electron chi connectivity index (χ3n) is 3.50. The number of hydrogen-bond donors (Lipinski definition) is 2. The van der Waals surface area contributed by atoms with E-state index in [-0.39, 0.29) is 5.91 Å². The maximum atomic E-state index is 12.3. The number of benzene rings is 2. The molecule has 0 aliphatic rings. The number of rotatable bonds is 4. The molecule has 108 valence electrons. The van der Waals surface area contributed by atoms with Gasteiger partial charge >= 0.3 is 5.97 Å². The second-order valence-corrected chi connectivity index (χ2v) is 4.90. The van der Waals surface area contributed by atoms with Gasteiger partial charge < -0.3 is 10.4 Å². The maximum absolute atomic E-state index is 12.3. The van der Waals surface area contributed by atoms with Crippen LogP contribution in [0.15, 0.2) is 48.5 Å². The van der Waals surface area contributed by atoms with Crippen LogP contribution in [0.4, 0.5) is 0 Å². The number of amides is 1. The second kappa shape index (κ2) is 6.22. The highest BCUT2D eigenvalue weighted by Crippen LogP contribution is 2.17. The van der Waals surface area contributed by atoms with Crippen molar-refractivity contribution < 1.29 is 14.7 Å². The van der Waals surface area contributed by atoms with Gasteiger partial charge in [-0.3, -0.25) is 4.79 Å². The summed E-state index contributed by atoms with van der Waals surface area (Å²) in [6, 6.07) is 13.0. The smallest absolute Gasteiger partial charge is 0.330 e. The van der Waals surface area contributed by atoms with Crippen molar-refractivity contribution in [3.8, 4) is 0 Å². The van der Waals surface area contributed by atoms with Gasteiger partial charge in [-0.15, -0.1) is 0 Å². The van der Waals surface area contributed by atoms with Crippen molar-refractivity contribution in [3.05, 3.63) is 70.8 Å². The van der Waals surface area contributed by atoms with Gasteiger partial charge in [-0.05, 0) is 36.6 Å². The highest BCUT2D eigenvalue weighted by Gasteiger charge is 2.23. The van der Waals surface area contributed by atoms with E-state index in [1.165, 1.54) is 0 Å². The van der Waals surface area contributed by atoms with Crippen LogP contribution in [0.25, 0.3) is 0 Å². The quantitative estimate of drug-likeness (QED) is 0.906. The molecule has 0 saturated heterocycles. The molecule has 2 aromatic carbocycles. The zero-order chi connectivity index (χ0) is 15.4. The van der Waals surface area contributed by atoms with Gasteiger partial charge in [0.1, 0.15) is 0 Å². The number of carboxylic acid groups (broad SMARTS) is 1. The van der Waals surface area contributed by atoms with E-state index >= 15 is 0 Å². The standard InChI is InChI=1S/C17H17NO3/c1-11-7-6-10-14(12(11)2)16(19)18-15(17(20)21)13-8-4-3-5-9-13/h3-10,15H,1-2H3,(H,18,19)(H,20,21). The molecule has 0 heterocycles. The van der Waals surface area contributed by atoms with Crippen molar-refractivity contribution >= 4 is 11.9 Å². The minimum Gasteiger partial charge on any atom is -0.479 e. The van der Waals surface area contributed by atoms with Gasteiger partial charge in [0.25, 0.3) is 5.91 Å². The summed E-state index contributed by atoms with van der Waals surface area (Å²) in [7, 11) is 0. The van der Waals surface area contributed by atoms with Crippen LogP contribution in [0, 0.1) is 13.8 Å². The molecule has 4 heteroatoms. The Labute approximate surface area is 123 Å². The van der Waals surface area contributed by atoms with Crippen molar-refractivity contribution in [1.29, 1.82) is 0 Å². The Hall–Kier alpha value is -2.62. The summed E-state index contributed by atoms with van der Waals surface area (Å²) in [6.45, 7) is 3.76. The van der Waals surface area contributed by atoms with Crippen LogP contribution in [0.5, 0.6) is 0 Å². The summed E-state index contributed by atoms with van der Waals surface area (Å²) >= 11 is 0. The number of carboxylic acids is 1. The first kappa shape index (κ1) is 14.8. The molecule has 2 rings (SSSR count). The van der Waals surface area contributed by atoms with Gasteiger partial charge in [0.2, 0.25) is 0 Å². The van der Waals surface area contributed by atoms with Crippen molar-refractivity contribution in [2.75, 3.05) is 0 Å². The molecule has 4 nitrogen and oxygen atoms in total. The number of carbonyl (C=O) groups excluding carboxylic acids is 1. The lowest BCUT2D eigenvalue weighted by molar-refractivity contribution is -0.139. The van der Waals surface area contributed by atoms with E-state index in [1.54, 1.807) is 42.5 Å². The topological polar surface area (TPSA) is 66.4 Å². The van der Waals surface area contributed by atoms with Crippen LogP contribution in [-0.2, 0) is 4.79 Å². The number of nitrogens with one attached hydrogen (secondary N) is 1. The molecule has 0 aliphatic carbocycles. The molecular weight excluding hydrogens is 266 g/mol. The molecule has 0 fully saturated rings. The fourth-order valence-electron chi connectivity index (χ4n) is 2.14. The summed E-state index contributed by atoms with van der Waals surface area (Å²) < 4.78 is 0. The lowest BCUT2D eigenvalue weighted by Crippen LogP contribution is -2.34. The van der Waals surface area contributed by atoms with Crippen LogP contribution in [0.3, 0.4) is 0 Å². The van der Waals surface area contributed by atoms with E-state index in [1.807, 2.05) is 19.9 Å². The third kappa shape index (κ3) is 3.28. The second-order valence-electron chi connectivity index (χ2n) is 4.90. The molecule has 1 amide bonds. The zero-order valence-corrected chi connectivity index (χ0v) is 12.0. The molecular formula is C17H17NO3. The normalized spacial score (nSPS) is 11.7. The predicted octanol–water partition coefficient (Wildman–Crippen LogP) is 2.86. The molecule has 1 unspecified atom stereocenters. The molecule has 0 spiro atoms. The van der Waals surface area contributed by atoms with E-state index in [2.05, 4.69) is 5.32 Å². The van der Waals surface area contributed by atoms with Crippen molar-refractivity contribution in [3.63, 3.8) is 0 Å². The fourth-order valence-corrected chi connectivity index (χ4v) is 2.14. The van der Waals surface area contributed by atoms with E-state index in [0.29, 0.717) is 11.1 Å².